The summed E-state index contributed by atoms with van der Waals surface area (Å²) in [7, 11) is 4.22. The first-order valence-corrected chi connectivity index (χ1v) is 6.22. The molecule has 1 fully saturated rings. The van der Waals surface area contributed by atoms with Crippen LogP contribution < -0.4 is 11.3 Å². The lowest BCUT2D eigenvalue weighted by Gasteiger charge is -2.22. The van der Waals surface area contributed by atoms with Gasteiger partial charge in [-0.15, -0.1) is 0 Å². The molecule has 98 valence electrons. The Bertz CT molecular complexity index is 401. The van der Waals surface area contributed by atoms with Crippen molar-refractivity contribution in [2.24, 2.45) is 10.8 Å². The van der Waals surface area contributed by atoms with Gasteiger partial charge in [0, 0.05) is 19.1 Å². The van der Waals surface area contributed by atoms with Crippen LogP contribution in [0.3, 0.4) is 0 Å². The number of rotatable bonds is 2. The van der Waals surface area contributed by atoms with Crippen LogP contribution in [0.5, 0.6) is 0 Å². The molecule has 1 aliphatic rings. The molecule has 0 saturated carbocycles. The number of hydrogen-bond donors (Lipinski definition) is 2. The van der Waals surface area contributed by atoms with Crippen molar-refractivity contribution in [1.82, 2.24) is 15.2 Å². The van der Waals surface area contributed by atoms with Crippen molar-refractivity contribution in [3.05, 3.63) is 30.3 Å². The number of guanidine groups is 1. The zero-order valence-corrected chi connectivity index (χ0v) is 11.0. The van der Waals surface area contributed by atoms with Crippen molar-refractivity contribution in [2.45, 2.75) is 12.5 Å². The smallest absolute Gasteiger partial charge is 0.213 e. The number of para-hydroxylation sites is 1. The molecule has 0 aromatic heterocycles. The first kappa shape index (κ1) is 12.9. The summed E-state index contributed by atoms with van der Waals surface area (Å²) in [6, 6.07) is 10.4. The predicted octanol–water partition coefficient (Wildman–Crippen LogP) is 0.773. The SMILES string of the molecule is CN(C)C1CCN(C(=Nc2ccccc2)NN)C1. The molecular weight excluding hydrogens is 226 g/mol. The topological polar surface area (TPSA) is 56.9 Å². The highest BCUT2D eigenvalue weighted by Gasteiger charge is 2.25. The van der Waals surface area contributed by atoms with E-state index in [9.17, 15) is 0 Å². The standard InChI is InChI=1S/C13H21N5/c1-17(2)12-8-9-18(10-12)13(16-14)15-11-6-4-3-5-7-11/h3-7,12H,8-10,14H2,1-2H3,(H,15,16). The predicted molar refractivity (Wildman–Crippen MR) is 74.5 cm³/mol. The van der Waals surface area contributed by atoms with Gasteiger partial charge in [-0.05, 0) is 32.6 Å². The van der Waals surface area contributed by atoms with Crippen molar-refractivity contribution in [2.75, 3.05) is 27.2 Å². The number of benzene rings is 1. The van der Waals surface area contributed by atoms with Gasteiger partial charge in [-0.3, -0.25) is 5.43 Å². The fourth-order valence-electron chi connectivity index (χ4n) is 2.17. The lowest BCUT2D eigenvalue weighted by molar-refractivity contribution is 0.300. The van der Waals surface area contributed by atoms with Gasteiger partial charge in [0.05, 0.1) is 5.69 Å². The van der Waals surface area contributed by atoms with Crippen molar-refractivity contribution in [1.29, 1.82) is 0 Å². The van der Waals surface area contributed by atoms with Gasteiger partial charge in [0.15, 0.2) is 0 Å². The Morgan fingerprint density at radius 3 is 2.67 bits per heavy atom. The van der Waals surface area contributed by atoms with E-state index >= 15 is 0 Å². The summed E-state index contributed by atoms with van der Waals surface area (Å²) < 4.78 is 0. The Balaban J connectivity index is 2.08. The third kappa shape index (κ3) is 3.00. The highest BCUT2D eigenvalue weighted by Crippen LogP contribution is 2.16. The molecule has 1 unspecified atom stereocenters. The molecule has 18 heavy (non-hydrogen) atoms. The normalized spacial score (nSPS) is 20.6. The molecule has 1 atom stereocenters. The molecule has 1 aliphatic heterocycles. The van der Waals surface area contributed by atoms with Gasteiger partial charge in [-0.25, -0.2) is 10.8 Å². The maximum atomic E-state index is 5.59. The van der Waals surface area contributed by atoms with Gasteiger partial charge in [0.1, 0.15) is 0 Å². The van der Waals surface area contributed by atoms with Crippen LogP contribution >= 0.6 is 0 Å². The van der Waals surface area contributed by atoms with Gasteiger partial charge in [-0.1, -0.05) is 18.2 Å². The van der Waals surface area contributed by atoms with E-state index in [1.807, 2.05) is 30.3 Å². The molecule has 0 aliphatic carbocycles. The van der Waals surface area contributed by atoms with E-state index in [-0.39, 0.29) is 0 Å². The van der Waals surface area contributed by atoms with Crippen LogP contribution in [-0.4, -0.2) is 49.0 Å². The Labute approximate surface area is 108 Å². The van der Waals surface area contributed by atoms with E-state index in [1.54, 1.807) is 0 Å². The van der Waals surface area contributed by atoms with Crippen molar-refractivity contribution < 1.29 is 0 Å². The zero-order valence-electron chi connectivity index (χ0n) is 11.0. The molecule has 1 saturated heterocycles. The average molecular weight is 247 g/mol. The highest BCUT2D eigenvalue weighted by atomic mass is 15.4. The number of hydrogen-bond acceptors (Lipinski definition) is 3. The number of likely N-dealkylation sites (N-methyl/N-ethyl adjacent to an activating group) is 1. The first-order chi connectivity index (χ1) is 8.70. The Kier molecular flexibility index (Phi) is 4.17. The maximum Gasteiger partial charge on any atom is 0.213 e. The van der Waals surface area contributed by atoms with E-state index in [2.05, 4.69) is 34.3 Å². The van der Waals surface area contributed by atoms with Crippen LogP contribution in [0.4, 0.5) is 5.69 Å². The molecule has 2 rings (SSSR count). The molecule has 1 heterocycles. The second-order valence-corrected chi connectivity index (χ2v) is 4.77. The molecule has 0 bridgehead atoms. The van der Waals surface area contributed by atoms with E-state index in [0.717, 1.165) is 31.2 Å². The van der Waals surface area contributed by atoms with E-state index in [4.69, 9.17) is 5.84 Å². The summed E-state index contributed by atoms with van der Waals surface area (Å²) in [6.07, 6.45) is 1.14. The number of nitrogens with zero attached hydrogens (tertiary/aromatic N) is 3. The van der Waals surface area contributed by atoms with Gasteiger partial charge >= 0.3 is 0 Å². The number of hydrazine groups is 1. The minimum Gasteiger partial charge on any atom is -0.340 e. The molecule has 3 N–H and O–H groups in total. The summed E-state index contributed by atoms with van der Waals surface area (Å²) in [5.74, 6) is 6.33. The second kappa shape index (κ2) is 5.84. The molecule has 5 heteroatoms. The monoisotopic (exact) mass is 247 g/mol. The molecule has 5 nitrogen and oxygen atoms in total. The lowest BCUT2D eigenvalue weighted by atomic mass is 10.2. The Morgan fingerprint density at radius 1 is 1.39 bits per heavy atom. The summed E-state index contributed by atoms with van der Waals surface area (Å²) in [6.45, 7) is 1.95. The van der Waals surface area contributed by atoms with Crippen molar-refractivity contribution in [3.8, 4) is 0 Å². The maximum absolute atomic E-state index is 5.59. The summed E-state index contributed by atoms with van der Waals surface area (Å²) in [5.41, 5.74) is 3.62. The molecule has 1 aromatic rings. The molecule has 0 radical (unpaired) electrons. The highest BCUT2D eigenvalue weighted by molar-refractivity contribution is 5.82. The third-order valence-corrected chi connectivity index (χ3v) is 3.31. The summed E-state index contributed by atoms with van der Waals surface area (Å²) in [5, 5.41) is 0. The fraction of sp³-hybridized carbons (Fsp3) is 0.462. The Hall–Kier alpha value is -1.59. The fourth-order valence-corrected chi connectivity index (χ4v) is 2.17. The minimum atomic E-state index is 0.569. The lowest BCUT2D eigenvalue weighted by Crippen LogP contribution is -2.44. The van der Waals surface area contributed by atoms with Gasteiger partial charge < -0.3 is 9.80 Å². The second-order valence-electron chi connectivity index (χ2n) is 4.77. The van der Waals surface area contributed by atoms with Gasteiger partial charge in [0.25, 0.3) is 0 Å². The van der Waals surface area contributed by atoms with Crippen LogP contribution in [0.15, 0.2) is 35.3 Å². The van der Waals surface area contributed by atoms with E-state index in [0.29, 0.717) is 6.04 Å². The third-order valence-electron chi connectivity index (χ3n) is 3.31. The van der Waals surface area contributed by atoms with Crippen LogP contribution in [-0.2, 0) is 0 Å². The van der Waals surface area contributed by atoms with Crippen LogP contribution in [0.2, 0.25) is 0 Å². The summed E-state index contributed by atoms with van der Waals surface area (Å²) in [4.78, 5) is 8.98. The Morgan fingerprint density at radius 2 is 2.11 bits per heavy atom. The minimum absolute atomic E-state index is 0.569. The van der Waals surface area contributed by atoms with Crippen LogP contribution in [0.25, 0.3) is 0 Å². The van der Waals surface area contributed by atoms with Crippen LogP contribution in [0, 0.1) is 0 Å². The van der Waals surface area contributed by atoms with E-state index < -0.39 is 0 Å². The average Bonchev–Trinajstić information content (AvgIpc) is 2.87. The van der Waals surface area contributed by atoms with Gasteiger partial charge in [-0.2, -0.15) is 0 Å². The van der Waals surface area contributed by atoms with Crippen molar-refractivity contribution >= 4 is 11.6 Å². The van der Waals surface area contributed by atoms with Gasteiger partial charge in [0.2, 0.25) is 5.96 Å². The first-order valence-electron chi connectivity index (χ1n) is 6.22. The molecule has 1 aromatic carbocycles. The molecule has 0 amide bonds. The largest absolute Gasteiger partial charge is 0.340 e. The van der Waals surface area contributed by atoms with Crippen LogP contribution in [0.1, 0.15) is 6.42 Å². The van der Waals surface area contributed by atoms with Crippen molar-refractivity contribution in [3.63, 3.8) is 0 Å². The quantitative estimate of drug-likeness (QED) is 0.351. The zero-order chi connectivity index (χ0) is 13.0. The number of aliphatic imine (C=N–C) groups is 1. The molecular formula is C13H21N5. The summed E-state index contributed by atoms with van der Waals surface area (Å²) >= 11 is 0. The number of nitrogens with two attached hydrogens (primary N) is 1. The van der Waals surface area contributed by atoms with E-state index in [1.165, 1.54) is 0 Å². The number of nitrogens with one attached hydrogen (secondary N) is 1. The molecule has 0 spiro atoms. The number of likely N-dealkylation sites (tertiary alicyclic amines) is 1.